The van der Waals surface area contributed by atoms with Crippen LogP contribution in [0.15, 0.2) is 55.0 Å². The Bertz CT molecular complexity index is 1140. The predicted molar refractivity (Wildman–Crippen MR) is 103 cm³/mol. The largest absolute Gasteiger partial charge is 0.345 e. The summed E-state index contributed by atoms with van der Waals surface area (Å²) < 4.78 is 0. The molecule has 27 heavy (non-hydrogen) atoms. The lowest BCUT2D eigenvalue weighted by Gasteiger charge is -2.09. The van der Waals surface area contributed by atoms with Crippen molar-refractivity contribution in [1.29, 1.82) is 0 Å². The average Bonchev–Trinajstić information content (AvgIpc) is 3.09. The summed E-state index contributed by atoms with van der Waals surface area (Å²) in [4.78, 5) is 26.3. The average molecular weight is 361 g/mol. The first-order valence-corrected chi connectivity index (χ1v) is 8.14. The highest BCUT2D eigenvalue weighted by atomic mass is 16.6. The molecule has 0 aliphatic heterocycles. The number of benzene rings is 2. The van der Waals surface area contributed by atoms with Crippen molar-refractivity contribution in [3.63, 3.8) is 0 Å². The molecule has 0 unspecified atom stereocenters. The quantitative estimate of drug-likeness (QED) is 0.362. The third-order valence-electron chi connectivity index (χ3n) is 3.92. The smallest absolute Gasteiger partial charge is 0.329 e. The number of nitro groups is 1. The molecule has 0 fully saturated rings. The number of fused-ring (bicyclic) bond motifs is 1. The van der Waals surface area contributed by atoms with Crippen LogP contribution in [0.3, 0.4) is 0 Å². The summed E-state index contributed by atoms with van der Waals surface area (Å²) in [6.45, 7) is 1.97. The molecule has 0 aliphatic carbocycles. The van der Waals surface area contributed by atoms with Gasteiger partial charge in [-0.25, -0.2) is 9.97 Å². The standard InChI is InChI=1S/C18H15N7O2/c1-11-3-2-4-12(7-11)23-18-19-9-16(25(26)27)17(24-18)22-13-5-6-14-15(8-13)21-10-20-14/h2-10H,1H3,(H,20,21)(H2,19,22,23,24). The number of nitrogens with one attached hydrogen (secondary N) is 3. The third-order valence-corrected chi connectivity index (χ3v) is 3.92. The summed E-state index contributed by atoms with van der Waals surface area (Å²) in [6.07, 6.45) is 2.77. The zero-order chi connectivity index (χ0) is 18.8. The van der Waals surface area contributed by atoms with Gasteiger partial charge in [-0.15, -0.1) is 0 Å². The number of imidazole rings is 1. The summed E-state index contributed by atoms with van der Waals surface area (Å²) in [5.74, 6) is 0.361. The first-order chi connectivity index (χ1) is 13.1. The van der Waals surface area contributed by atoms with Crippen molar-refractivity contribution < 1.29 is 4.92 Å². The van der Waals surface area contributed by atoms with Crippen molar-refractivity contribution in [1.82, 2.24) is 19.9 Å². The molecular weight excluding hydrogens is 346 g/mol. The molecule has 0 radical (unpaired) electrons. The lowest BCUT2D eigenvalue weighted by molar-refractivity contribution is -0.384. The number of aryl methyl sites for hydroxylation is 1. The van der Waals surface area contributed by atoms with Crippen molar-refractivity contribution in [3.05, 3.63) is 70.7 Å². The number of nitrogens with zero attached hydrogens (tertiary/aromatic N) is 4. The van der Waals surface area contributed by atoms with Gasteiger partial charge in [-0.3, -0.25) is 10.1 Å². The van der Waals surface area contributed by atoms with E-state index in [1.54, 1.807) is 12.4 Å². The monoisotopic (exact) mass is 361 g/mol. The maximum Gasteiger partial charge on any atom is 0.329 e. The highest BCUT2D eigenvalue weighted by Crippen LogP contribution is 2.28. The number of rotatable bonds is 5. The van der Waals surface area contributed by atoms with E-state index in [2.05, 4.69) is 30.6 Å². The van der Waals surface area contributed by atoms with Crippen LogP contribution in [0.1, 0.15) is 5.56 Å². The fraction of sp³-hybridized carbons (Fsp3) is 0.0556. The zero-order valence-electron chi connectivity index (χ0n) is 14.3. The van der Waals surface area contributed by atoms with E-state index in [-0.39, 0.29) is 17.5 Å². The molecule has 2 heterocycles. The Morgan fingerprint density at radius 2 is 1.93 bits per heavy atom. The Morgan fingerprint density at radius 1 is 1.07 bits per heavy atom. The molecular formula is C18H15N7O2. The van der Waals surface area contributed by atoms with Crippen molar-refractivity contribution in [3.8, 4) is 0 Å². The number of anilines is 4. The molecule has 2 aromatic heterocycles. The first-order valence-electron chi connectivity index (χ1n) is 8.14. The zero-order valence-corrected chi connectivity index (χ0v) is 14.3. The van der Waals surface area contributed by atoms with E-state index in [0.29, 0.717) is 5.69 Å². The van der Waals surface area contributed by atoms with Crippen LogP contribution in [-0.2, 0) is 0 Å². The fourth-order valence-corrected chi connectivity index (χ4v) is 2.66. The molecule has 9 heteroatoms. The Kier molecular flexibility index (Phi) is 4.09. The van der Waals surface area contributed by atoms with Gasteiger partial charge in [0.25, 0.3) is 0 Å². The fourth-order valence-electron chi connectivity index (χ4n) is 2.66. The van der Waals surface area contributed by atoms with Crippen LogP contribution >= 0.6 is 0 Å². The highest BCUT2D eigenvalue weighted by Gasteiger charge is 2.18. The van der Waals surface area contributed by atoms with Crippen molar-refractivity contribution >= 4 is 39.9 Å². The molecule has 4 rings (SSSR count). The van der Waals surface area contributed by atoms with Crippen LogP contribution < -0.4 is 10.6 Å². The normalized spacial score (nSPS) is 10.7. The molecule has 4 aromatic rings. The third kappa shape index (κ3) is 3.52. The van der Waals surface area contributed by atoms with Crippen LogP contribution in [0, 0.1) is 17.0 Å². The van der Waals surface area contributed by atoms with E-state index in [1.807, 2.05) is 43.3 Å². The SMILES string of the molecule is Cc1cccc(Nc2ncc([N+](=O)[O-])c(Nc3ccc4nc[nH]c4c3)n2)c1. The molecule has 0 saturated heterocycles. The minimum Gasteiger partial charge on any atom is -0.345 e. The summed E-state index contributed by atoms with van der Waals surface area (Å²) in [5.41, 5.74) is 3.93. The predicted octanol–water partition coefficient (Wildman–Crippen LogP) is 4.06. The van der Waals surface area contributed by atoms with E-state index < -0.39 is 4.92 Å². The molecule has 9 nitrogen and oxygen atoms in total. The number of aromatic nitrogens is 4. The van der Waals surface area contributed by atoms with Crippen LogP contribution in [-0.4, -0.2) is 24.9 Å². The number of hydrogen-bond acceptors (Lipinski definition) is 7. The topological polar surface area (TPSA) is 122 Å². The summed E-state index contributed by atoms with van der Waals surface area (Å²) in [6, 6.07) is 13.1. The molecule has 0 atom stereocenters. The van der Waals surface area contributed by atoms with Gasteiger partial charge in [0.2, 0.25) is 11.8 Å². The lowest BCUT2D eigenvalue weighted by Crippen LogP contribution is -2.04. The van der Waals surface area contributed by atoms with Crippen LogP contribution in [0.4, 0.5) is 28.8 Å². The lowest BCUT2D eigenvalue weighted by atomic mass is 10.2. The minimum atomic E-state index is -0.520. The molecule has 134 valence electrons. The van der Waals surface area contributed by atoms with Gasteiger partial charge in [0.1, 0.15) is 6.20 Å². The Balaban J connectivity index is 1.67. The van der Waals surface area contributed by atoms with Gasteiger partial charge in [0, 0.05) is 11.4 Å². The van der Waals surface area contributed by atoms with Gasteiger partial charge in [-0.2, -0.15) is 4.98 Å². The second-order valence-electron chi connectivity index (χ2n) is 5.94. The number of H-pyrrole nitrogens is 1. The molecule has 2 aromatic carbocycles. The molecule has 0 spiro atoms. The van der Waals surface area contributed by atoms with Crippen LogP contribution in [0.5, 0.6) is 0 Å². The van der Waals surface area contributed by atoms with Crippen molar-refractivity contribution in [2.24, 2.45) is 0 Å². The van der Waals surface area contributed by atoms with E-state index in [9.17, 15) is 10.1 Å². The maximum atomic E-state index is 11.3. The molecule has 0 bridgehead atoms. The molecule has 3 N–H and O–H groups in total. The van der Waals surface area contributed by atoms with Gasteiger partial charge in [-0.1, -0.05) is 12.1 Å². The maximum absolute atomic E-state index is 11.3. The Hall–Kier alpha value is -4.01. The van der Waals surface area contributed by atoms with Crippen molar-refractivity contribution in [2.75, 3.05) is 10.6 Å². The van der Waals surface area contributed by atoms with E-state index in [0.717, 1.165) is 22.3 Å². The van der Waals surface area contributed by atoms with Crippen LogP contribution in [0.25, 0.3) is 11.0 Å². The van der Waals surface area contributed by atoms with E-state index in [1.165, 1.54) is 6.20 Å². The Labute approximate surface area is 153 Å². The summed E-state index contributed by atoms with van der Waals surface area (Å²) in [7, 11) is 0. The highest BCUT2D eigenvalue weighted by molar-refractivity contribution is 5.80. The summed E-state index contributed by atoms with van der Waals surface area (Å²) in [5, 5.41) is 17.4. The number of hydrogen-bond donors (Lipinski definition) is 3. The van der Waals surface area contributed by atoms with E-state index >= 15 is 0 Å². The van der Waals surface area contributed by atoms with Gasteiger partial charge < -0.3 is 15.6 Å². The van der Waals surface area contributed by atoms with Gasteiger partial charge in [0.05, 0.1) is 22.3 Å². The second kappa shape index (κ2) is 6.71. The van der Waals surface area contributed by atoms with E-state index in [4.69, 9.17) is 0 Å². The molecule has 0 saturated carbocycles. The number of aromatic amines is 1. The Morgan fingerprint density at radius 3 is 2.74 bits per heavy atom. The minimum absolute atomic E-state index is 0.101. The van der Waals surface area contributed by atoms with Gasteiger partial charge in [-0.05, 0) is 42.8 Å². The molecule has 0 aliphatic rings. The summed E-state index contributed by atoms with van der Waals surface area (Å²) >= 11 is 0. The first kappa shape index (κ1) is 16.5. The molecule has 0 amide bonds. The van der Waals surface area contributed by atoms with Gasteiger partial charge >= 0.3 is 5.69 Å². The van der Waals surface area contributed by atoms with Crippen molar-refractivity contribution in [2.45, 2.75) is 6.92 Å². The second-order valence-corrected chi connectivity index (χ2v) is 5.94. The van der Waals surface area contributed by atoms with Gasteiger partial charge in [0.15, 0.2) is 0 Å². The van der Waals surface area contributed by atoms with Crippen LogP contribution in [0.2, 0.25) is 0 Å².